The Morgan fingerprint density at radius 1 is 0.975 bits per heavy atom. The SMILES string of the molecule is COc1cc(Nc2nc(N)c(-c3nc(-c4cccc(NC(=O)c5cc(Cl)ccn5)c4)cs3)s2)cc(OC)c1OC. The molecule has 0 fully saturated rings. The lowest BCUT2D eigenvalue weighted by Crippen LogP contribution is -2.13. The lowest BCUT2D eigenvalue weighted by atomic mass is 10.1. The summed E-state index contributed by atoms with van der Waals surface area (Å²) in [7, 11) is 4.66. The van der Waals surface area contributed by atoms with Crippen LogP contribution in [0.1, 0.15) is 10.5 Å². The number of methoxy groups -OCH3 is 3. The average molecular weight is 595 g/mol. The third-order valence-electron chi connectivity index (χ3n) is 5.64. The van der Waals surface area contributed by atoms with Gasteiger partial charge in [-0.05, 0) is 24.3 Å². The molecule has 5 rings (SSSR count). The van der Waals surface area contributed by atoms with Crippen LogP contribution in [0.4, 0.5) is 22.3 Å². The summed E-state index contributed by atoms with van der Waals surface area (Å²) in [6, 6.07) is 14.1. The molecule has 0 aliphatic rings. The molecule has 3 heterocycles. The van der Waals surface area contributed by atoms with E-state index in [4.69, 9.17) is 36.5 Å². The maximum Gasteiger partial charge on any atom is 0.274 e. The van der Waals surface area contributed by atoms with E-state index in [2.05, 4.69) is 20.6 Å². The van der Waals surface area contributed by atoms with Crippen LogP contribution in [-0.2, 0) is 0 Å². The second kappa shape index (κ2) is 11.8. The molecule has 4 N–H and O–H groups in total. The van der Waals surface area contributed by atoms with Crippen molar-refractivity contribution in [3.8, 4) is 38.4 Å². The molecule has 204 valence electrons. The second-order valence-electron chi connectivity index (χ2n) is 8.20. The first-order valence-electron chi connectivity index (χ1n) is 11.7. The third-order valence-corrected chi connectivity index (χ3v) is 7.86. The zero-order chi connectivity index (χ0) is 28.2. The number of carbonyl (C=O) groups excluding carboxylic acids is 1. The van der Waals surface area contributed by atoms with E-state index in [1.165, 1.54) is 34.9 Å². The van der Waals surface area contributed by atoms with Gasteiger partial charge in [-0.25, -0.2) is 9.97 Å². The molecule has 0 aliphatic carbocycles. The van der Waals surface area contributed by atoms with Crippen molar-refractivity contribution >= 4 is 62.5 Å². The van der Waals surface area contributed by atoms with Crippen molar-refractivity contribution in [3.05, 3.63) is 70.8 Å². The minimum absolute atomic E-state index is 0.227. The van der Waals surface area contributed by atoms with Gasteiger partial charge in [-0.15, -0.1) is 11.3 Å². The summed E-state index contributed by atoms with van der Waals surface area (Å²) in [6.07, 6.45) is 1.49. The summed E-state index contributed by atoms with van der Waals surface area (Å²) in [5, 5.41) is 9.77. The van der Waals surface area contributed by atoms with Gasteiger partial charge in [0.15, 0.2) is 16.6 Å². The molecule has 0 aliphatic heterocycles. The van der Waals surface area contributed by atoms with E-state index in [1.54, 1.807) is 45.6 Å². The quantitative estimate of drug-likeness (QED) is 0.173. The van der Waals surface area contributed by atoms with Crippen LogP contribution in [0, 0.1) is 0 Å². The summed E-state index contributed by atoms with van der Waals surface area (Å²) in [5.41, 5.74) is 9.37. The van der Waals surface area contributed by atoms with E-state index in [0.717, 1.165) is 21.1 Å². The monoisotopic (exact) mass is 594 g/mol. The largest absolute Gasteiger partial charge is 0.493 e. The first-order chi connectivity index (χ1) is 19.4. The number of benzene rings is 2. The molecule has 0 saturated heterocycles. The zero-order valence-electron chi connectivity index (χ0n) is 21.5. The average Bonchev–Trinajstić information content (AvgIpc) is 3.59. The minimum Gasteiger partial charge on any atom is -0.493 e. The third kappa shape index (κ3) is 5.78. The van der Waals surface area contributed by atoms with Gasteiger partial charge < -0.3 is 30.6 Å². The van der Waals surface area contributed by atoms with E-state index in [1.807, 2.05) is 23.6 Å². The topological polar surface area (TPSA) is 134 Å². The molecular weight excluding hydrogens is 572 g/mol. The van der Waals surface area contributed by atoms with Gasteiger partial charge in [0.05, 0.1) is 27.0 Å². The van der Waals surface area contributed by atoms with Crippen molar-refractivity contribution in [2.75, 3.05) is 37.7 Å². The molecule has 3 aromatic heterocycles. The molecule has 0 radical (unpaired) electrons. The Morgan fingerprint density at radius 3 is 2.45 bits per heavy atom. The highest BCUT2D eigenvalue weighted by atomic mass is 35.5. The predicted octanol–water partition coefficient (Wildman–Crippen LogP) is 6.59. The molecule has 0 spiro atoms. The normalized spacial score (nSPS) is 10.7. The Kier molecular flexibility index (Phi) is 8.01. The first-order valence-corrected chi connectivity index (χ1v) is 13.8. The number of thiazole rings is 2. The van der Waals surface area contributed by atoms with E-state index in [9.17, 15) is 4.79 Å². The number of amides is 1. The number of aromatic nitrogens is 3. The van der Waals surface area contributed by atoms with Crippen LogP contribution in [0.2, 0.25) is 5.02 Å². The Bertz CT molecular complexity index is 1660. The van der Waals surface area contributed by atoms with Gasteiger partial charge in [-0.1, -0.05) is 35.1 Å². The van der Waals surface area contributed by atoms with Gasteiger partial charge in [-0.2, -0.15) is 0 Å². The van der Waals surface area contributed by atoms with Gasteiger partial charge in [0.25, 0.3) is 5.91 Å². The Morgan fingerprint density at radius 2 is 1.75 bits per heavy atom. The van der Waals surface area contributed by atoms with Crippen LogP contribution in [0.3, 0.4) is 0 Å². The fourth-order valence-corrected chi connectivity index (χ4v) is 5.80. The number of carbonyl (C=O) groups is 1. The van der Waals surface area contributed by atoms with Gasteiger partial charge in [-0.3, -0.25) is 9.78 Å². The number of rotatable bonds is 9. The van der Waals surface area contributed by atoms with Crippen molar-refractivity contribution < 1.29 is 19.0 Å². The van der Waals surface area contributed by atoms with Crippen LogP contribution in [0.25, 0.3) is 21.1 Å². The van der Waals surface area contributed by atoms with Crippen molar-refractivity contribution in [3.63, 3.8) is 0 Å². The van der Waals surface area contributed by atoms with Crippen LogP contribution in [0.5, 0.6) is 17.2 Å². The lowest BCUT2D eigenvalue weighted by molar-refractivity contribution is 0.102. The maximum absolute atomic E-state index is 12.6. The van der Waals surface area contributed by atoms with Gasteiger partial charge in [0, 0.05) is 45.7 Å². The Hall–Kier alpha value is -4.39. The Labute approximate surface area is 242 Å². The van der Waals surface area contributed by atoms with Gasteiger partial charge >= 0.3 is 0 Å². The predicted molar refractivity (Wildman–Crippen MR) is 160 cm³/mol. The number of halogens is 1. The standard InChI is InChI=1S/C27H23ClN6O4S2/c1-36-20-11-17(12-21(37-2)22(20)38-3)32-27-34-24(29)23(40-27)26-33-19(13-39-26)14-5-4-6-16(9-14)31-25(35)18-10-15(28)7-8-30-18/h4-13H,29H2,1-3H3,(H,31,35)(H,32,34). The molecule has 2 aromatic carbocycles. The number of nitrogens with zero attached hydrogens (tertiary/aromatic N) is 3. The van der Waals surface area contributed by atoms with E-state index >= 15 is 0 Å². The Balaban J connectivity index is 1.35. The number of ether oxygens (including phenoxy) is 3. The summed E-state index contributed by atoms with van der Waals surface area (Å²) < 4.78 is 16.2. The van der Waals surface area contributed by atoms with Gasteiger partial charge in [0.2, 0.25) is 5.75 Å². The molecule has 0 atom stereocenters. The molecule has 0 saturated carbocycles. The highest BCUT2D eigenvalue weighted by Gasteiger charge is 2.18. The zero-order valence-corrected chi connectivity index (χ0v) is 23.9. The highest BCUT2D eigenvalue weighted by molar-refractivity contribution is 7.23. The summed E-state index contributed by atoms with van der Waals surface area (Å²) in [5.74, 6) is 1.52. The number of hydrogen-bond donors (Lipinski definition) is 3. The van der Waals surface area contributed by atoms with Crippen molar-refractivity contribution in [1.29, 1.82) is 0 Å². The molecule has 0 bridgehead atoms. The molecule has 0 unspecified atom stereocenters. The van der Waals surface area contributed by atoms with Crippen molar-refractivity contribution in [1.82, 2.24) is 15.0 Å². The number of anilines is 4. The number of hydrogen-bond acceptors (Lipinski definition) is 11. The fourth-order valence-electron chi connectivity index (χ4n) is 3.81. The summed E-state index contributed by atoms with van der Waals surface area (Å²) in [6.45, 7) is 0. The number of nitrogen functional groups attached to an aromatic ring is 1. The molecule has 13 heteroatoms. The van der Waals surface area contributed by atoms with Crippen molar-refractivity contribution in [2.45, 2.75) is 0 Å². The van der Waals surface area contributed by atoms with E-state index in [-0.39, 0.29) is 11.6 Å². The minimum atomic E-state index is -0.358. The van der Waals surface area contributed by atoms with Crippen LogP contribution in [-0.4, -0.2) is 42.2 Å². The van der Waals surface area contributed by atoms with Crippen molar-refractivity contribution in [2.24, 2.45) is 0 Å². The van der Waals surface area contributed by atoms with Gasteiger partial charge in [0.1, 0.15) is 21.4 Å². The summed E-state index contributed by atoms with van der Waals surface area (Å²) >= 11 is 8.81. The molecule has 5 aromatic rings. The smallest absolute Gasteiger partial charge is 0.274 e. The molecular formula is C27H23ClN6O4S2. The molecule has 40 heavy (non-hydrogen) atoms. The fraction of sp³-hybridized carbons (Fsp3) is 0.111. The number of pyridine rings is 1. The molecule has 10 nitrogen and oxygen atoms in total. The van der Waals surface area contributed by atoms with E-state index in [0.29, 0.717) is 44.6 Å². The van der Waals surface area contributed by atoms with E-state index < -0.39 is 0 Å². The van der Waals surface area contributed by atoms with Crippen LogP contribution in [0.15, 0.2) is 60.1 Å². The second-order valence-corrected chi connectivity index (χ2v) is 10.5. The highest BCUT2D eigenvalue weighted by Crippen LogP contribution is 2.43. The maximum atomic E-state index is 12.6. The first kappa shape index (κ1) is 27.2. The lowest BCUT2D eigenvalue weighted by Gasteiger charge is -2.14. The number of nitrogens with one attached hydrogen (secondary N) is 2. The summed E-state index contributed by atoms with van der Waals surface area (Å²) in [4.78, 5) is 26.6. The molecule has 1 amide bonds. The number of nitrogens with two attached hydrogens (primary N) is 1. The van der Waals surface area contributed by atoms with Crippen LogP contribution < -0.4 is 30.6 Å². The van der Waals surface area contributed by atoms with Crippen LogP contribution >= 0.6 is 34.3 Å².